The number of aryl methyl sites for hydroxylation is 1. The third-order valence-corrected chi connectivity index (χ3v) is 3.14. The quantitative estimate of drug-likeness (QED) is 0.718. The molecule has 0 aliphatic carbocycles. The molecule has 7 nitrogen and oxygen atoms in total. The molecular weight excluding hydrogens is 282 g/mol. The molecule has 1 aromatic heterocycles. The van der Waals surface area contributed by atoms with E-state index >= 15 is 0 Å². The van der Waals surface area contributed by atoms with Crippen LogP contribution in [0.4, 0.5) is 0 Å². The Bertz CT molecular complexity index is 557. The second-order valence-corrected chi connectivity index (χ2v) is 5.32. The maximum absolute atomic E-state index is 12.3. The number of para-hydroxylation sites is 1. The number of aromatic nitrogens is 4. The normalized spacial score (nSPS) is 12.1. The molecule has 2 aromatic rings. The molecule has 1 atom stereocenters. The number of nitrogens with one attached hydrogen (secondary N) is 2. The average Bonchev–Trinajstić information content (AvgIpc) is 3.03. The van der Waals surface area contributed by atoms with E-state index in [0.717, 1.165) is 6.42 Å². The summed E-state index contributed by atoms with van der Waals surface area (Å²) >= 11 is 0. The smallest absolute Gasteiger partial charge is 0.261 e. The van der Waals surface area contributed by atoms with Gasteiger partial charge in [0.05, 0.1) is 0 Å². The summed E-state index contributed by atoms with van der Waals surface area (Å²) in [5, 5.41) is 16.5. The number of carbonyl (C=O) groups excluding carboxylic acids is 1. The van der Waals surface area contributed by atoms with Crippen molar-refractivity contribution in [1.82, 2.24) is 25.9 Å². The Morgan fingerprint density at radius 1 is 1.32 bits per heavy atom. The van der Waals surface area contributed by atoms with E-state index in [0.29, 0.717) is 24.5 Å². The number of tetrazole rings is 1. The second kappa shape index (κ2) is 8.11. The number of rotatable bonds is 8. The highest BCUT2D eigenvalue weighted by Crippen LogP contribution is 2.15. The molecule has 7 heteroatoms. The first-order valence-electron chi connectivity index (χ1n) is 7.38. The summed E-state index contributed by atoms with van der Waals surface area (Å²) in [6.45, 7) is 4.48. The minimum absolute atomic E-state index is 0.0809. The van der Waals surface area contributed by atoms with Gasteiger partial charge in [0.2, 0.25) is 0 Å². The monoisotopic (exact) mass is 303 g/mol. The van der Waals surface area contributed by atoms with Gasteiger partial charge in [0.25, 0.3) is 5.91 Å². The van der Waals surface area contributed by atoms with Gasteiger partial charge in [0.1, 0.15) is 5.75 Å². The fourth-order valence-corrected chi connectivity index (χ4v) is 1.99. The Morgan fingerprint density at radius 3 is 2.73 bits per heavy atom. The maximum Gasteiger partial charge on any atom is 0.261 e. The summed E-state index contributed by atoms with van der Waals surface area (Å²) in [5.74, 6) is 1.32. The van der Waals surface area contributed by atoms with Gasteiger partial charge in [-0.3, -0.25) is 4.79 Å². The van der Waals surface area contributed by atoms with E-state index < -0.39 is 6.10 Å². The van der Waals surface area contributed by atoms with E-state index in [4.69, 9.17) is 4.74 Å². The summed E-state index contributed by atoms with van der Waals surface area (Å²) < 4.78 is 5.79. The van der Waals surface area contributed by atoms with Gasteiger partial charge < -0.3 is 10.1 Å². The molecule has 0 spiro atoms. The Morgan fingerprint density at radius 2 is 2.09 bits per heavy atom. The van der Waals surface area contributed by atoms with Crippen LogP contribution in [0.25, 0.3) is 0 Å². The van der Waals surface area contributed by atoms with Gasteiger partial charge in [0.15, 0.2) is 11.9 Å². The molecule has 0 saturated heterocycles. The molecule has 0 radical (unpaired) electrons. The molecule has 0 aliphatic heterocycles. The van der Waals surface area contributed by atoms with E-state index in [-0.39, 0.29) is 11.8 Å². The number of amides is 1. The third kappa shape index (κ3) is 4.83. The molecular formula is C15H21N5O2. The number of hydrogen-bond acceptors (Lipinski definition) is 5. The lowest BCUT2D eigenvalue weighted by Gasteiger charge is -2.21. The zero-order chi connectivity index (χ0) is 15.8. The van der Waals surface area contributed by atoms with E-state index in [2.05, 4.69) is 25.9 Å². The molecule has 1 heterocycles. The Kier molecular flexibility index (Phi) is 5.88. The fraction of sp³-hybridized carbons (Fsp3) is 0.467. The second-order valence-electron chi connectivity index (χ2n) is 5.32. The summed E-state index contributed by atoms with van der Waals surface area (Å²) in [7, 11) is 0. The number of hydrogen-bond donors (Lipinski definition) is 2. The van der Waals surface area contributed by atoms with Gasteiger partial charge in [-0.25, -0.2) is 0 Å². The highest BCUT2D eigenvalue weighted by Gasteiger charge is 2.23. The van der Waals surface area contributed by atoms with Gasteiger partial charge in [-0.05, 0) is 24.5 Å². The summed E-state index contributed by atoms with van der Waals surface area (Å²) in [6.07, 6.45) is 0.914. The number of aromatic amines is 1. The first-order valence-corrected chi connectivity index (χ1v) is 7.38. The molecule has 22 heavy (non-hydrogen) atoms. The topological polar surface area (TPSA) is 92.8 Å². The van der Waals surface area contributed by atoms with Gasteiger partial charge >= 0.3 is 0 Å². The van der Waals surface area contributed by atoms with Crippen LogP contribution in [-0.4, -0.2) is 39.2 Å². The van der Waals surface area contributed by atoms with E-state index in [9.17, 15) is 4.79 Å². The molecule has 0 aliphatic rings. The van der Waals surface area contributed by atoms with E-state index in [1.165, 1.54) is 0 Å². The van der Waals surface area contributed by atoms with E-state index in [1.807, 2.05) is 44.2 Å². The predicted octanol–water partition coefficient (Wildman–Crippen LogP) is 1.35. The van der Waals surface area contributed by atoms with Gasteiger partial charge in [-0.15, -0.1) is 10.2 Å². The van der Waals surface area contributed by atoms with Crippen molar-refractivity contribution in [3.8, 4) is 5.75 Å². The molecule has 1 amide bonds. The summed E-state index contributed by atoms with van der Waals surface area (Å²) in [4.78, 5) is 12.3. The van der Waals surface area contributed by atoms with Crippen molar-refractivity contribution in [3.05, 3.63) is 36.2 Å². The summed E-state index contributed by atoms with van der Waals surface area (Å²) in [6, 6.07) is 9.37. The highest BCUT2D eigenvalue weighted by atomic mass is 16.5. The van der Waals surface area contributed by atoms with Crippen LogP contribution >= 0.6 is 0 Å². The minimum atomic E-state index is -0.507. The molecule has 118 valence electrons. The molecule has 1 aromatic carbocycles. The summed E-state index contributed by atoms with van der Waals surface area (Å²) in [5.41, 5.74) is 0. The molecule has 1 unspecified atom stereocenters. The van der Waals surface area contributed by atoms with Crippen molar-refractivity contribution in [1.29, 1.82) is 0 Å². The lowest BCUT2D eigenvalue weighted by Crippen LogP contribution is -2.42. The van der Waals surface area contributed by atoms with Crippen LogP contribution in [0.2, 0.25) is 0 Å². The van der Waals surface area contributed by atoms with Crippen LogP contribution in [0, 0.1) is 5.92 Å². The van der Waals surface area contributed by atoms with Crippen LogP contribution in [0.15, 0.2) is 30.3 Å². The molecule has 0 bridgehead atoms. The number of H-pyrrole nitrogens is 1. The lowest BCUT2D eigenvalue weighted by molar-refractivity contribution is -0.129. The third-order valence-electron chi connectivity index (χ3n) is 3.14. The molecule has 2 N–H and O–H groups in total. The van der Waals surface area contributed by atoms with Crippen molar-refractivity contribution in [2.24, 2.45) is 5.92 Å². The highest BCUT2D eigenvalue weighted by molar-refractivity contribution is 5.81. The van der Waals surface area contributed by atoms with Crippen LogP contribution in [0.3, 0.4) is 0 Å². The van der Waals surface area contributed by atoms with Crippen molar-refractivity contribution < 1.29 is 9.53 Å². The standard InChI is InChI=1S/C15H21N5O2/c1-11(2)14(22-12-7-4-3-5-8-12)15(21)16-10-6-9-13-17-19-20-18-13/h3-5,7-8,11,14H,6,9-10H2,1-2H3,(H,16,21)(H,17,18,19,20). The van der Waals surface area contributed by atoms with Crippen LogP contribution < -0.4 is 10.1 Å². The predicted molar refractivity (Wildman–Crippen MR) is 81.2 cm³/mol. The maximum atomic E-state index is 12.3. The van der Waals surface area contributed by atoms with Gasteiger partial charge in [0, 0.05) is 13.0 Å². The minimum Gasteiger partial charge on any atom is -0.480 e. The lowest BCUT2D eigenvalue weighted by atomic mass is 10.1. The number of nitrogens with zero attached hydrogens (tertiary/aromatic N) is 3. The van der Waals surface area contributed by atoms with Crippen molar-refractivity contribution in [3.63, 3.8) is 0 Å². The molecule has 0 saturated carbocycles. The number of ether oxygens (including phenoxy) is 1. The zero-order valence-electron chi connectivity index (χ0n) is 12.8. The molecule has 2 rings (SSSR count). The van der Waals surface area contributed by atoms with Crippen molar-refractivity contribution in [2.45, 2.75) is 32.8 Å². The SMILES string of the molecule is CC(C)C(Oc1ccccc1)C(=O)NCCCc1nn[nH]n1. The van der Waals surface area contributed by atoms with Crippen LogP contribution in [0.1, 0.15) is 26.1 Å². The Balaban J connectivity index is 1.79. The largest absolute Gasteiger partial charge is 0.480 e. The van der Waals surface area contributed by atoms with Gasteiger partial charge in [-0.1, -0.05) is 37.3 Å². The van der Waals surface area contributed by atoms with Crippen molar-refractivity contribution in [2.75, 3.05) is 6.54 Å². The first kappa shape index (κ1) is 15.9. The first-order chi connectivity index (χ1) is 10.7. The molecule has 0 fully saturated rings. The average molecular weight is 303 g/mol. The van der Waals surface area contributed by atoms with E-state index in [1.54, 1.807) is 0 Å². The van der Waals surface area contributed by atoms with Crippen LogP contribution in [0.5, 0.6) is 5.75 Å². The van der Waals surface area contributed by atoms with Crippen molar-refractivity contribution >= 4 is 5.91 Å². The number of carbonyl (C=O) groups is 1. The number of benzene rings is 1. The Labute approximate surface area is 129 Å². The Hall–Kier alpha value is -2.44. The van der Waals surface area contributed by atoms with Gasteiger partial charge in [-0.2, -0.15) is 5.21 Å². The fourth-order valence-electron chi connectivity index (χ4n) is 1.99. The van der Waals surface area contributed by atoms with Crippen LogP contribution in [-0.2, 0) is 11.2 Å². The zero-order valence-corrected chi connectivity index (χ0v) is 12.8.